The van der Waals surface area contributed by atoms with Crippen molar-refractivity contribution in [1.82, 2.24) is 14.8 Å². The Morgan fingerprint density at radius 3 is 2.62 bits per heavy atom. The van der Waals surface area contributed by atoms with Gasteiger partial charge >= 0.3 is 0 Å². The van der Waals surface area contributed by atoms with Gasteiger partial charge in [0.25, 0.3) is 0 Å². The lowest BCUT2D eigenvalue weighted by atomic mass is 10.0. The van der Waals surface area contributed by atoms with E-state index in [0.717, 1.165) is 22.2 Å². The number of hydrogen-bond donors (Lipinski definition) is 1. The molecule has 1 aromatic heterocycles. The van der Waals surface area contributed by atoms with Crippen molar-refractivity contribution in [1.29, 1.82) is 0 Å². The first-order valence-corrected chi connectivity index (χ1v) is 9.33. The van der Waals surface area contributed by atoms with E-state index in [1.807, 2.05) is 32.0 Å². The van der Waals surface area contributed by atoms with Gasteiger partial charge < -0.3 is 9.88 Å². The number of aromatic nitrogens is 3. The third-order valence-electron chi connectivity index (χ3n) is 4.24. The molecule has 1 N–H and O–H groups in total. The Labute approximate surface area is 147 Å². The molecule has 128 valence electrons. The second-order valence-corrected chi connectivity index (χ2v) is 7.93. The second-order valence-electron chi connectivity index (χ2n) is 6.62. The van der Waals surface area contributed by atoms with Gasteiger partial charge in [0, 0.05) is 11.7 Å². The number of thioether (sulfide) groups is 1. The minimum Gasteiger partial charge on any atom is -0.325 e. The van der Waals surface area contributed by atoms with Crippen molar-refractivity contribution in [3.05, 3.63) is 35.7 Å². The largest absolute Gasteiger partial charge is 0.325 e. The topological polar surface area (TPSA) is 59.8 Å². The van der Waals surface area contributed by atoms with Gasteiger partial charge in [-0.15, -0.1) is 10.2 Å². The lowest BCUT2D eigenvalue weighted by molar-refractivity contribution is -0.115. The van der Waals surface area contributed by atoms with Crippen molar-refractivity contribution in [2.75, 3.05) is 5.32 Å². The number of aryl methyl sites for hydroxylation is 1. The third-order valence-corrected chi connectivity index (χ3v) is 5.30. The number of rotatable bonds is 6. The van der Waals surface area contributed by atoms with Crippen LogP contribution in [0.1, 0.15) is 57.0 Å². The van der Waals surface area contributed by atoms with Crippen LogP contribution in [0.3, 0.4) is 0 Å². The van der Waals surface area contributed by atoms with Crippen LogP contribution in [0.25, 0.3) is 0 Å². The number of carbonyl (C=O) groups is 1. The average molecular weight is 344 g/mol. The first kappa shape index (κ1) is 17.0. The Bertz CT molecular complexity index is 736. The van der Waals surface area contributed by atoms with Gasteiger partial charge in [-0.3, -0.25) is 4.79 Å². The van der Waals surface area contributed by atoms with Crippen LogP contribution in [0.4, 0.5) is 5.69 Å². The number of benzene rings is 1. The number of hydrogen-bond acceptors (Lipinski definition) is 4. The van der Waals surface area contributed by atoms with Gasteiger partial charge in [0.2, 0.25) is 5.91 Å². The Balaban J connectivity index is 1.70. The van der Waals surface area contributed by atoms with Gasteiger partial charge in [-0.05, 0) is 44.2 Å². The van der Waals surface area contributed by atoms with E-state index < -0.39 is 0 Å². The van der Waals surface area contributed by atoms with E-state index >= 15 is 0 Å². The molecule has 5 nitrogen and oxygen atoms in total. The molecule has 1 aromatic carbocycles. The zero-order valence-electron chi connectivity index (χ0n) is 14.6. The molecule has 1 fully saturated rings. The normalized spacial score (nSPS) is 15.5. The van der Waals surface area contributed by atoms with E-state index in [0.29, 0.717) is 12.0 Å². The summed E-state index contributed by atoms with van der Waals surface area (Å²) < 4.78 is 2.16. The van der Waals surface area contributed by atoms with Gasteiger partial charge in [0.05, 0.1) is 5.25 Å². The molecular formula is C18H24N4OS. The Hall–Kier alpha value is -1.82. The smallest absolute Gasteiger partial charge is 0.237 e. The zero-order valence-corrected chi connectivity index (χ0v) is 15.4. The van der Waals surface area contributed by atoms with Crippen molar-refractivity contribution < 1.29 is 4.79 Å². The van der Waals surface area contributed by atoms with E-state index in [-0.39, 0.29) is 11.2 Å². The van der Waals surface area contributed by atoms with Crippen LogP contribution in [-0.4, -0.2) is 25.9 Å². The summed E-state index contributed by atoms with van der Waals surface area (Å²) >= 11 is 1.48. The van der Waals surface area contributed by atoms with Gasteiger partial charge in [-0.1, -0.05) is 43.8 Å². The Morgan fingerprint density at radius 1 is 1.25 bits per heavy atom. The van der Waals surface area contributed by atoms with Gasteiger partial charge in [0.1, 0.15) is 5.82 Å². The summed E-state index contributed by atoms with van der Waals surface area (Å²) in [6.07, 6.45) is 2.35. The highest BCUT2D eigenvalue weighted by atomic mass is 32.2. The van der Waals surface area contributed by atoms with Gasteiger partial charge in [0.15, 0.2) is 5.16 Å². The molecule has 2 aromatic rings. The Kier molecular flexibility index (Phi) is 4.94. The highest BCUT2D eigenvalue weighted by Crippen LogP contribution is 2.39. The van der Waals surface area contributed by atoms with Crippen LogP contribution in [-0.2, 0) is 4.79 Å². The first-order chi connectivity index (χ1) is 11.5. The molecule has 0 unspecified atom stereocenters. The van der Waals surface area contributed by atoms with Crippen LogP contribution in [0.15, 0.2) is 29.4 Å². The number of nitrogens with zero attached hydrogens (tertiary/aromatic N) is 3. The molecule has 1 saturated carbocycles. The molecule has 3 rings (SSSR count). The van der Waals surface area contributed by atoms with Crippen molar-refractivity contribution in [3.63, 3.8) is 0 Å². The number of nitrogens with one attached hydrogen (secondary N) is 1. The van der Waals surface area contributed by atoms with E-state index in [2.05, 4.69) is 40.0 Å². The number of para-hydroxylation sites is 1. The van der Waals surface area contributed by atoms with E-state index in [4.69, 9.17) is 0 Å². The van der Waals surface area contributed by atoms with Crippen molar-refractivity contribution >= 4 is 23.4 Å². The van der Waals surface area contributed by atoms with Crippen LogP contribution >= 0.6 is 11.8 Å². The zero-order chi connectivity index (χ0) is 17.3. The lowest BCUT2D eigenvalue weighted by Crippen LogP contribution is -2.23. The first-order valence-electron chi connectivity index (χ1n) is 8.45. The quantitative estimate of drug-likeness (QED) is 0.799. The van der Waals surface area contributed by atoms with Crippen LogP contribution < -0.4 is 5.32 Å². The summed E-state index contributed by atoms with van der Waals surface area (Å²) in [7, 11) is 0. The molecule has 24 heavy (non-hydrogen) atoms. The van der Waals surface area contributed by atoms with Crippen molar-refractivity contribution in [2.45, 2.75) is 62.9 Å². The summed E-state index contributed by atoms with van der Waals surface area (Å²) in [5.74, 6) is 1.29. The predicted molar refractivity (Wildman–Crippen MR) is 97.5 cm³/mol. The number of carbonyl (C=O) groups excluding carboxylic acids is 1. The fraction of sp³-hybridized carbons (Fsp3) is 0.500. The standard InChI is InChI=1S/C18H24N4OS/c1-11(2)15-7-5-6-8-16(15)19-17(23)12(3)24-18-21-20-13(4)22(18)14-9-10-14/h5-8,11-12,14H,9-10H2,1-4H3,(H,19,23)/t12-/m1/s1. The maximum absolute atomic E-state index is 12.6. The molecule has 0 radical (unpaired) electrons. The van der Waals surface area contributed by atoms with Crippen LogP contribution in [0, 0.1) is 6.92 Å². The molecular weight excluding hydrogens is 320 g/mol. The Morgan fingerprint density at radius 2 is 1.96 bits per heavy atom. The van der Waals surface area contributed by atoms with Gasteiger partial charge in [-0.25, -0.2) is 0 Å². The molecule has 0 bridgehead atoms. The van der Waals surface area contributed by atoms with E-state index in [1.54, 1.807) is 0 Å². The second kappa shape index (κ2) is 6.97. The number of amides is 1. The molecule has 1 aliphatic carbocycles. The molecule has 0 aliphatic heterocycles. The molecule has 0 saturated heterocycles. The predicted octanol–water partition coefficient (Wildman–Crippen LogP) is 4.16. The third kappa shape index (κ3) is 3.64. The summed E-state index contributed by atoms with van der Waals surface area (Å²) in [6, 6.07) is 8.49. The molecule has 0 spiro atoms. The fourth-order valence-corrected chi connectivity index (χ4v) is 3.71. The summed E-state index contributed by atoms with van der Waals surface area (Å²) in [6.45, 7) is 8.15. The highest BCUT2D eigenvalue weighted by molar-refractivity contribution is 8.00. The maximum atomic E-state index is 12.6. The molecule has 1 heterocycles. The fourth-order valence-electron chi connectivity index (χ4n) is 2.74. The monoisotopic (exact) mass is 344 g/mol. The highest BCUT2D eigenvalue weighted by Gasteiger charge is 2.30. The average Bonchev–Trinajstić information content (AvgIpc) is 3.32. The molecule has 6 heteroatoms. The van der Waals surface area contributed by atoms with Crippen LogP contribution in [0.5, 0.6) is 0 Å². The minimum absolute atomic E-state index is 0.00361. The maximum Gasteiger partial charge on any atom is 0.237 e. The van der Waals surface area contributed by atoms with E-state index in [9.17, 15) is 4.79 Å². The van der Waals surface area contributed by atoms with E-state index in [1.165, 1.54) is 24.6 Å². The number of anilines is 1. The van der Waals surface area contributed by atoms with Crippen molar-refractivity contribution in [2.24, 2.45) is 0 Å². The molecule has 1 amide bonds. The summed E-state index contributed by atoms with van der Waals surface area (Å²) in [5.41, 5.74) is 2.05. The SMILES string of the molecule is Cc1nnc(S[C@H](C)C(=O)Nc2ccccc2C(C)C)n1C1CC1. The summed E-state index contributed by atoms with van der Waals surface area (Å²) in [4.78, 5) is 12.6. The molecule has 1 atom stereocenters. The lowest BCUT2D eigenvalue weighted by Gasteiger charge is -2.16. The van der Waals surface area contributed by atoms with Crippen LogP contribution in [0.2, 0.25) is 0 Å². The minimum atomic E-state index is -0.230. The molecule has 1 aliphatic rings. The van der Waals surface area contributed by atoms with Crippen molar-refractivity contribution in [3.8, 4) is 0 Å². The summed E-state index contributed by atoms with van der Waals surface area (Å²) in [5, 5.41) is 12.1. The van der Waals surface area contributed by atoms with Gasteiger partial charge in [-0.2, -0.15) is 0 Å².